The van der Waals surface area contributed by atoms with Crippen LogP contribution in [0.15, 0.2) is 25.3 Å². The van der Waals surface area contributed by atoms with Crippen molar-refractivity contribution in [3.8, 4) is 0 Å². The number of hydrogen-bond donors (Lipinski definition) is 1. The molecule has 218 valence electrons. The molecule has 10 heteroatoms. The molecule has 10 nitrogen and oxygen atoms in total. The average Bonchev–Trinajstić information content (AvgIpc) is 3.56. The molecule has 2 amide bonds. The highest BCUT2D eigenvalue weighted by atomic mass is 16.6. The first-order valence-corrected chi connectivity index (χ1v) is 14.4. The molecule has 4 saturated heterocycles. The van der Waals surface area contributed by atoms with Crippen molar-refractivity contribution in [3.05, 3.63) is 25.3 Å². The van der Waals surface area contributed by atoms with Gasteiger partial charge in [0.05, 0.1) is 44.0 Å². The van der Waals surface area contributed by atoms with Crippen LogP contribution in [0.4, 0.5) is 0 Å². The zero-order valence-corrected chi connectivity index (χ0v) is 23.5. The highest BCUT2D eigenvalue weighted by Gasteiger charge is 2.79. The molecule has 2 bridgehead atoms. The number of fused-ring (bicyclic) bond motifs is 1. The summed E-state index contributed by atoms with van der Waals surface area (Å²) in [7, 11) is 0. The Kier molecular flexibility index (Phi) is 9.52. The van der Waals surface area contributed by atoms with Crippen LogP contribution < -0.4 is 0 Å². The van der Waals surface area contributed by atoms with Crippen LogP contribution in [0.1, 0.15) is 46.0 Å². The Balaban J connectivity index is 1.69. The van der Waals surface area contributed by atoms with Crippen LogP contribution in [-0.2, 0) is 28.6 Å². The zero-order chi connectivity index (χ0) is 28.2. The molecular formula is C29H45N3O7. The quantitative estimate of drug-likeness (QED) is 0.197. The number of likely N-dealkylation sites (tertiary alicyclic amines) is 1. The third-order valence-corrected chi connectivity index (χ3v) is 9.20. The lowest BCUT2D eigenvalue weighted by Crippen LogP contribution is -2.59. The zero-order valence-electron chi connectivity index (χ0n) is 23.5. The maximum atomic E-state index is 14.5. The molecule has 4 heterocycles. The first-order valence-electron chi connectivity index (χ1n) is 14.4. The third-order valence-electron chi connectivity index (χ3n) is 9.20. The number of aliphatic hydroxyl groups excluding tert-OH is 1. The van der Waals surface area contributed by atoms with Gasteiger partial charge in [-0.05, 0) is 32.1 Å². The van der Waals surface area contributed by atoms with Crippen LogP contribution in [0, 0.1) is 11.8 Å². The van der Waals surface area contributed by atoms with Gasteiger partial charge in [0.1, 0.15) is 17.6 Å². The number of rotatable bonds is 14. The summed E-state index contributed by atoms with van der Waals surface area (Å²) in [5.74, 6) is -2.62. The maximum Gasteiger partial charge on any atom is 0.312 e. The summed E-state index contributed by atoms with van der Waals surface area (Å²) in [5, 5.41) is 10.3. The number of ether oxygens (including phenoxy) is 3. The van der Waals surface area contributed by atoms with E-state index in [1.165, 1.54) is 4.90 Å². The molecule has 1 spiro atoms. The van der Waals surface area contributed by atoms with Gasteiger partial charge >= 0.3 is 5.97 Å². The van der Waals surface area contributed by atoms with Gasteiger partial charge < -0.3 is 29.1 Å². The topological polar surface area (TPSA) is 109 Å². The van der Waals surface area contributed by atoms with E-state index in [-0.39, 0.29) is 25.0 Å². The molecule has 1 N–H and O–H groups in total. The fourth-order valence-corrected chi connectivity index (χ4v) is 7.14. The van der Waals surface area contributed by atoms with Gasteiger partial charge in [-0.3, -0.25) is 19.3 Å². The lowest BCUT2D eigenvalue weighted by atomic mass is 9.65. The molecular weight excluding hydrogens is 502 g/mol. The minimum Gasteiger partial charge on any atom is -0.465 e. The van der Waals surface area contributed by atoms with E-state index in [1.807, 2.05) is 13.8 Å². The van der Waals surface area contributed by atoms with Crippen LogP contribution in [0.25, 0.3) is 0 Å². The molecule has 4 aliphatic rings. The van der Waals surface area contributed by atoms with Gasteiger partial charge in [-0.1, -0.05) is 26.0 Å². The summed E-state index contributed by atoms with van der Waals surface area (Å²) in [5.41, 5.74) is -2.00. The van der Waals surface area contributed by atoms with Gasteiger partial charge in [-0.2, -0.15) is 0 Å². The number of esters is 1. The molecule has 6 atom stereocenters. The van der Waals surface area contributed by atoms with Crippen molar-refractivity contribution in [3.63, 3.8) is 0 Å². The largest absolute Gasteiger partial charge is 0.465 e. The highest BCUT2D eigenvalue weighted by molar-refractivity contribution is 5.98. The molecule has 4 rings (SSSR count). The second kappa shape index (κ2) is 12.5. The van der Waals surface area contributed by atoms with Gasteiger partial charge in [0.25, 0.3) is 0 Å². The second-order valence-electron chi connectivity index (χ2n) is 11.1. The number of carbonyl (C=O) groups is 3. The van der Waals surface area contributed by atoms with E-state index < -0.39 is 41.1 Å². The molecule has 39 heavy (non-hydrogen) atoms. The normalized spacial score (nSPS) is 32.6. The number of morpholine rings is 1. The molecule has 0 aliphatic carbocycles. The molecule has 0 saturated carbocycles. The molecule has 4 aliphatic heterocycles. The Morgan fingerprint density at radius 1 is 1.23 bits per heavy atom. The van der Waals surface area contributed by atoms with Crippen molar-refractivity contribution in [1.82, 2.24) is 14.7 Å². The summed E-state index contributed by atoms with van der Waals surface area (Å²) in [6.45, 7) is 15.7. The lowest BCUT2D eigenvalue weighted by Gasteiger charge is -2.40. The number of aliphatic hydroxyl groups is 1. The first kappa shape index (κ1) is 29.7. The molecule has 0 aromatic rings. The summed E-state index contributed by atoms with van der Waals surface area (Å²) >= 11 is 0. The van der Waals surface area contributed by atoms with E-state index in [9.17, 15) is 19.5 Å². The Bertz CT molecular complexity index is 934. The predicted octanol–water partition coefficient (Wildman–Crippen LogP) is 1.38. The number of nitrogens with zero attached hydrogens (tertiary/aromatic N) is 3. The Labute approximate surface area is 231 Å². The fourth-order valence-electron chi connectivity index (χ4n) is 7.14. The van der Waals surface area contributed by atoms with Crippen LogP contribution >= 0.6 is 0 Å². The van der Waals surface area contributed by atoms with Gasteiger partial charge in [0, 0.05) is 32.7 Å². The van der Waals surface area contributed by atoms with E-state index in [0.29, 0.717) is 65.0 Å². The Morgan fingerprint density at radius 3 is 2.59 bits per heavy atom. The van der Waals surface area contributed by atoms with Crippen LogP contribution in [-0.4, -0.2) is 120 Å². The molecule has 4 fully saturated rings. The van der Waals surface area contributed by atoms with Crippen molar-refractivity contribution >= 4 is 17.8 Å². The van der Waals surface area contributed by atoms with E-state index in [1.54, 1.807) is 17.1 Å². The minimum absolute atomic E-state index is 0.182. The van der Waals surface area contributed by atoms with Crippen LogP contribution in [0.5, 0.6) is 0 Å². The van der Waals surface area contributed by atoms with Gasteiger partial charge in [0.2, 0.25) is 11.8 Å². The van der Waals surface area contributed by atoms with E-state index in [4.69, 9.17) is 14.2 Å². The number of hydrogen-bond acceptors (Lipinski definition) is 8. The minimum atomic E-state index is -1.15. The van der Waals surface area contributed by atoms with Gasteiger partial charge in [0.15, 0.2) is 0 Å². The summed E-state index contributed by atoms with van der Waals surface area (Å²) in [4.78, 5) is 47.7. The molecule has 2 unspecified atom stereocenters. The number of amides is 2. The molecule has 0 aromatic heterocycles. The predicted molar refractivity (Wildman–Crippen MR) is 145 cm³/mol. The van der Waals surface area contributed by atoms with Crippen LogP contribution in [0.2, 0.25) is 0 Å². The molecule has 0 aromatic carbocycles. The summed E-state index contributed by atoms with van der Waals surface area (Å²) in [6, 6.07) is -1.50. The monoisotopic (exact) mass is 547 g/mol. The van der Waals surface area contributed by atoms with Crippen LogP contribution in [0.3, 0.4) is 0 Å². The Morgan fingerprint density at radius 2 is 1.97 bits per heavy atom. The third kappa shape index (κ3) is 5.16. The van der Waals surface area contributed by atoms with Gasteiger partial charge in [-0.25, -0.2) is 0 Å². The van der Waals surface area contributed by atoms with Crippen molar-refractivity contribution < 1.29 is 33.7 Å². The summed E-state index contributed by atoms with van der Waals surface area (Å²) < 4.78 is 17.8. The smallest absolute Gasteiger partial charge is 0.312 e. The van der Waals surface area contributed by atoms with Crippen molar-refractivity contribution in [2.45, 2.75) is 69.2 Å². The fraction of sp³-hybridized carbons (Fsp3) is 0.759. The van der Waals surface area contributed by atoms with Crippen molar-refractivity contribution in [1.29, 1.82) is 0 Å². The first-order chi connectivity index (χ1) is 18.8. The van der Waals surface area contributed by atoms with Crippen molar-refractivity contribution in [2.75, 3.05) is 59.2 Å². The summed E-state index contributed by atoms with van der Waals surface area (Å²) in [6.07, 6.45) is 5.94. The average molecular weight is 548 g/mol. The highest BCUT2D eigenvalue weighted by Crippen LogP contribution is 2.64. The molecule has 0 radical (unpaired) electrons. The SMILES string of the molecule is C=CCCOC(=O)[C@@H]1[C@H]2C(=O)N([C@@H](CC)CO)C(C(=O)N(CC=C)CCN3CCOCC3)C23CC[C@@]1(CC)O3. The standard InChI is InChI=1S/C29H45N3O7/c1-5-9-17-38-27(36)23-22-25(34)32(21(7-3)20-33)24(29(22)11-10-28(23,8-4)39-29)26(35)31(12-6-2)14-13-30-15-18-37-19-16-30/h5-6,21-24,33H,1-2,7-20H2,3-4H3/t21-,22-,23-,24?,28+,29?/m0/s1. The van der Waals surface area contributed by atoms with Gasteiger partial charge in [-0.15, -0.1) is 13.2 Å². The van der Waals surface area contributed by atoms with Crippen molar-refractivity contribution in [2.24, 2.45) is 11.8 Å². The van der Waals surface area contributed by atoms with E-state index in [2.05, 4.69) is 18.1 Å². The van der Waals surface area contributed by atoms with E-state index in [0.717, 1.165) is 13.1 Å². The Hall–Kier alpha value is -2.27. The van der Waals surface area contributed by atoms with E-state index >= 15 is 0 Å². The maximum absolute atomic E-state index is 14.5. The number of carbonyl (C=O) groups excluding carboxylic acids is 3. The lowest BCUT2D eigenvalue weighted by molar-refractivity contribution is -0.163. The second-order valence-corrected chi connectivity index (χ2v) is 11.1.